The maximum absolute atomic E-state index is 12.2. The van der Waals surface area contributed by atoms with Gasteiger partial charge in [-0.05, 0) is 23.6 Å². The van der Waals surface area contributed by atoms with Gasteiger partial charge in [-0.2, -0.15) is 0 Å². The van der Waals surface area contributed by atoms with E-state index >= 15 is 0 Å². The molecule has 0 heterocycles. The average molecular weight is 301 g/mol. The van der Waals surface area contributed by atoms with Crippen LogP contribution in [0.3, 0.4) is 0 Å². The molecule has 1 aliphatic carbocycles. The summed E-state index contributed by atoms with van der Waals surface area (Å²) in [5.41, 5.74) is 1.49. The van der Waals surface area contributed by atoms with Crippen LogP contribution in [0.15, 0.2) is 36.0 Å². The Labute approximate surface area is 129 Å². The van der Waals surface area contributed by atoms with E-state index in [1.165, 1.54) is 7.11 Å². The van der Waals surface area contributed by atoms with Crippen LogP contribution >= 0.6 is 0 Å². The Morgan fingerprint density at radius 3 is 2.41 bits per heavy atom. The summed E-state index contributed by atoms with van der Waals surface area (Å²) in [5.74, 6) is -0.927. The molecule has 0 saturated heterocycles. The van der Waals surface area contributed by atoms with Crippen molar-refractivity contribution >= 4 is 17.5 Å². The zero-order valence-corrected chi connectivity index (χ0v) is 13.0. The average Bonchev–Trinajstić information content (AvgIpc) is 2.49. The highest BCUT2D eigenvalue weighted by molar-refractivity contribution is 6.22. The SMILES string of the molecule is COC(=O)c1cccc(C2CC(=O)C(=CN(C)C)C(=O)C2)c1. The summed E-state index contributed by atoms with van der Waals surface area (Å²) in [7, 11) is 4.87. The topological polar surface area (TPSA) is 63.7 Å². The van der Waals surface area contributed by atoms with Crippen LogP contribution in [0.4, 0.5) is 0 Å². The van der Waals surface area contributed by atoms with E-state index in [4.69, 9.17) is 4.74 Å². The Kier molecular flexibility index (Phi) is 4.75. The number of carbonyl (C=O) groups excluding carboxylic acids is 3. The van der Waals surface area contributed by atoms with Gasteiger partial charge in [0.05, 0.1) is 18.2 Å². The maximum Gasteiger partial charge on any atom is 0.337 e. The first kappa shape index (κ1) is 15.9. The Morgan fingerprint density at radius 2 is 1.86 bits per heavy atom. The fourth-order valence-corrected chi connectivity index (χ4v) is 2.57. The molecule has 0 radical (unpaired) electrons. The summed E-state index contributed by atoms with van der Waals surface area (Å²) < 4.78 is 4.69. The van der Waals surface area contributed by atoms with E-state index in [9.17, 15) is 14.4 Å². The van der Waals surface area contributed by atoms with Crippen molar-refractivity contribution in [3.05, 3.63) is 47.2 Å². The van der Waals surface area contributed by atoms with E-state index in [0.29, 0.717) is 5.56 Å². The predicted molar refractivity (Wildman–Crippen MR) is 81.5 cm³/mol. The minimum Gasteiger partial charge on any atom is -0.465 e. The lowest BCUT2D eigenvalue weighted by Gasteiger charge is -2.23. The van der Waals surface area contributed by atoms with Crippen molar-refractivity contribution in [2.45, 2.75) is 18.8 Å². The van der Waals surface area contributed by atoms with Crippen LogP contribution in [0.2, 0.25) is 0 Å². The Morgan fingerprint density at radius 1 is 1.23 bits per heavy atom. The van der Waals surface area contributed by atoms with Gasteiger partial charge in [0, 0.05) is 33.1 Å². The zero-order valence-electron chi connectivity index (χ0n) is 13.0. The summed E-state index contributed by atoms with van der Waals surface area (Å²) in [5, 5.41) is 0. The number of methoxy groups -OCH3 is 1. The van der Waals surface area contributed by atoms with Gasteiger partial charge in [0.2, 0.25) is 0 Å². The summed E-state index contributed by atoms with van der Waals surface area (Å²) in [6.45, 7) is 0. The second kappa shape index (κ2) is 6.56. The molecule has 0 bridgehead atoms. The van der Waals surface area contributed by atoms with Crippen LogP contribution in [0.25, 0.3) is 0 Å². The molecule has 0 amide bonds. The molecule has 1 aliphatic rings. The first-order chi connectivity index (χ1) is 10.4. The summed E-state index contributed by atoms with van der Waals surface area (Å²) >= 11 is 0. The molecule has 5 nitrogen and oxygen atoms in total. The lowest BCUT2D eigenvalue weighted by molar-refractivity contribution is -0.124. The predicted octanol–water partition coefficient (Wildman–Crippen LogP) is 1.93. The molecule has 0 N–H and O–H groups in total. The van der Waals surface area contributed by atoms with Crippen molar-refractivity contribution in [2.24, 2.45) is 0 Å². The molecular weight excluding hydrogens is 282 g/mol. The van der Waals surface area contributed by atoms with Gasteiger partial charge in [0.1, 0.15) is 0 Å². The van der Waals surface area contributed by atoms with Crippen molar-refractivity contribution in [3.63, 3.8) is 0 Å². The molecule has 0 aliphatic heterocycles. The van der Waals surface area contributed by atoms with Crippen LogP contribution in [0, 0.1) is 0 Å². The second-order valence-electron chi connectivity index (χ2n) is 5.57. The van der Waals surface area contributed by atoms with Crippen molar-refractivity contribution in [1.82, 2.24) is 4.90 Å². The van der Waals surface area contributed by atoms with Gasteiger partial charge in [-0.15, -0.1) is 0 Å². The molecule has 0 atom stereocenters. The van der Waals surface area contributed by atoms with Gasteiger partial charge in [-0.1, -0.05) is 12.1 Å². The number of ether oxygens (including phenoxy) is 1. The Hall–Kier alpha value is -2.43. The highest BCUT2D eigenvalue weighted by Gasteiger charge is 2.31. The normalized spacial score (nSPS) is 18.1. The molecule has 116 valence electrons. The molecule has 0 spiro atoms. The summed E-state index contributed by atoms with van der Waals surface area (Å²) in [6.07, 6.45) is 2.12. The van der Waals surface area contributed by atoms with Gasteiger partial charge in [-0.25, -0.2) is 4.79 Å². The molecule has 1 aromatic carbocycles. The number of nitrogens with zero attached hydrogens (tertiary/aromatic N) is 1. The minimum atomic E-state index is -0.427. The van der Waals surface area contributed by atoms with Crippen LogP contribution in [-0.4, -0.2) is 43.6 Å². The largest absolute Gasteiger partial charge is 0.465 e. The first-order valence-corrected chi connectivity index (χ1v) is 7.05. The van der Waals surface area contributed by atoms with Crippen molar-refractivity contribution < 1.29 is 19.1 Å². The number of hydrogen-bond donors (Lipinski definition) is 0. The van der Waals surface area contributed by atoms with Crippen LogP contribution < -0.4 is 0 Å². The zero-order chi connectivity index (χ0) is 16.3. The van der Waals surface area contributed by atoms with E-state index in [0.717, 1.165) is 5.56 Å². The third-order valence-electron chi connectivity index (χ3n) is 3.63. The Bertz CT molecular complexity index is 626. The van der Waals surface area contributed by atoms with Crippen LogP contribution in [-0.2, 0) is 14.3 Å². The molecule has 0 aromatic heterocycles. The van der Waals surface area contributed by atoms with Crippen LogP contribution in [0.5, 0.6) is 0 Å². The minimum absolute atomic E-state index is 0.154. The molecular formula is C17H19NO4. The number of Topliss-reactive ketones (excluding diaryl/α,β-unsaturated/α-hetero) is 2. The highest BCUT2D eigenvalue weighted by Crippen LogP contribution is 2.32. The number of rotatable bonds is 3. The standard InChI is InChI=1S/C17H19NO4/c1-18(2)10-14-15(19)8-13(9-16(14)20)11-5-4-6-12(7-11)17(21)22-3/h4-7,10,13H,8-9H2,1-3H3. The molecule has 1 fully saturated rings. The monoisotopic (exact) mass is 301 g/mol. The van der Waals surface area contributed by atoms with E-state index in [2.05, 4.69) is 0 Å². The lowest BCUT2D eigenvalue weighted by atomic mass is 9.80. The molecule has 1 saturated carbocycles. The highest BCUT2D eigenvalue weighted by atomic mass is 16.5. The third-order valence-corrected chi connectivity index (χ3v) is 3.63. The van der Waals surface area contributed by atoms with Crippen molar-refractivity contribution in [3.8, 4) is 0 Å². The second-order valence-corrected chi connectivity index (χ2v) is 5.57. The number of ketones is 2. The van der Waals surface area contributed by atoms with Crippen LogP contribution in [0.1, 0.15) is 34.7 Å². The first-order valence-electron chi connectivity index (χ1n) is 7.05. The van der Waals surface area contributed by atoms with Crippen molar-refractivity contribution in [1.29, 1.82) is 0 Å². The Balaban J connectivity index is 2.24. The number of carbonyl (C=O) groups is 3. The van der Waals surface area contributed by atoms with Gasteiger partial charge in [0.25, 0.3) is 0 Å². The van der Waals surface area contributed by atoms with E-state index < -0.39 is 5.97 Å². The van der Waals surface area contributed by atoms with E-state index in [1.54, 1.807) is 43.4 Å². The van der Waals surface area contributed by atoms with Crippen molar-refractivity contribution in [2.75, 3.05) is 21.2 Å². The fraction of sp³-hybridized carbons (Fsp3) is 0.353. The summed E-state index contributed by atoms with van der Waals surface area (Å²) in [4.78, 5) is 37.7. The quantitative estimate of drug-likeness (QED) is 0.485. The number of esters is 1. The van der Waals surface area contributed by atoms with Gasteiger partial charge in [-0.3, -0.25) is 9.59 Å². The van der Waals surface area contributed by atoms with Gasteiger partial charge in [0.15, 0.2) is 11.6 Å². The van der Waals surface area contributed by atoms with Gasteiger partial charge < -0.3 is 9.64 Å². The van der Waals surface area contributed by atoms with E-state index in [-0.39, 0.29) is 35.9 Å². The molecule has 0 unspecified atom stereocenters. The fourth-order valence-electron chi connectivity index (χ4n) is 2.57. The van der Waals surface area contributed by atoms with E-state index in [1.807, 2.05) is 6.07 Å². The molecule has 22 heavy (non-hydrogen) atoms. The number of hydrogen-bond acceptors (Lipinski definition) is 5. The van der Waals surface area contributed by atoms with Gasteiger partial charge >= 0.3 is 5.97 Å². The smallest absolute Gasteiger partial charge is 0.337 e. The molecule has 2 rings (SSSR count). The number of allylic oxidation sites excluding steroid dienone is 1. The molecule has 5 heteroatoms. The molecule has 1 aromatic rings. The summed E-state index contributed by atoms with van der Waals surface area (Å²) in [6, 6.07) is 6.91. The maximum atomic E-state index is 12.2. The third kappa shape index (κ3) is 3.42. The number of benzene rings is 1. The lowest BCUT2D eigenvalue weighted by Crippen LogP contribution is -2.26.